The number of hydrogen-bond donors (Lipinski definition) is 1. The average Bonchev–Trinajstić information content (AvgIpc) is 2.37. The van der Waals surface area contributed by atoms with E-state index in [1.807, 2.05) is 24.3 Å². The van der Waals surface area contributed by atoms with E-state index < -0.39 is 9.84 Å². The van der Waals surface area contributed by atoms with Crippen LogP contribution in [0.15, 0.2) is 28.7 Å². The monoisotopic (exact) mass is 361 g/mol. The van der Waals surface area contributed by atoms with Gasteiger partial charge in [0.25, 0.3) is 0 Å². The van der Waals surface area contributed by atoms with Crippen LogP contribution >= 0.6 is 15.9 Å². The quantitative estimate of drug-likeness (QED) is 0.817. The second kappa shape index (κ2) is 6.69. The van der Waals surface area contributed by atoms with Gasteiger partial charge in [0, 0.05) is 17.1 Å². The van der Waals surface area contributed by atoms with Crippen LogP contribution in [0.4, 0.5) is 0 Å². The summed E-state index contributed by atoms with van der Waals surface area (Å²) in [5.74, 6) is -0.250. The highest BCUT2D eigenvalue weighted by Crippen LogP contribution is 2.12. The molecule has 1 aromatic carbocycles. The van der Waals surface area contributed by atoms with Gasteiger partial charge in [0.15, 0.2) is 9.84 Å². The molecule has 1 fully saturated rings. The SMILES string of the molecule is O=C(CC1CS(=O)(=O)CCN1)OCc1ccc(Br)cc1. The van der Waals surface area contributed by atoms with Gasteiger partial charge in [0.1, 0.15) is 6.61 Å². The lowest BCUT2D eigenvalue weighted by molar-refractivity contribution is -0.145. The van der Waals surface area contributed by atoms with E-state index in [0.717, 1.165) is 10.0 Å². The Morgan fingerprint density at radius 1 is 1.35 bits per heavy atom. The highest BCUT2D eigenvalue weighted by atomic mass is 79.9. The Morgan fingerprint density at radius 2 is 2.05 bits per heavy atom. The zero-order chi connectivity index (χ0) is 14.6. The van der Waals surface area contributed by atoms with Crippen molar-refractivity contribution in [3.63, 3.8) is 0 Å². The fourth-order valence-electron chi connectivity index (χ4n) is 2.00. The summed E-state index contributed by atoms with van der Waals surface area (Å²) in [4.78, 5) is 11.7. The van der Waals surface area contributed by atoms with Crippen LogP contribution in [0.25, 0.3) is 0 Å². The summed E-state index contributed by atoms with van der Waals surface area (Å²) >= 11 is 3.33. The van der Waals surface area contributed by atoms with Crippen molar-refractivity contribution in [2.24, 2.45) is 0 Å². The Labute approximate surface area is 126 Å². The van der Waals surface area contributed by atoms with Crippen LogP contribution in [0.1, 0.15) is 12.0 Å². The molecule has 0 spiro atoms. The van der Waals surface area contributed by atoms with Crippen LogP contribution in [-0.2, 0) is 26.0 Å². The third-order valence-corrected chi connectivity index (χ3v) is 5.29. The summed E-state index contributed by atoms with van der Waals surface area (Å²) in [5, 5.41) is 3.03. The van der Waals surface area contributed by atoms with Gasteiger partial charge in [-0.3, -0.25) is 4.79 Å². The highest BCUT2D eigenvalue weighted by Gasteiger charge is 2.26. The summed E-state index contributed by atoms with van der Waals surface area (Å²) in [6.07, 6.45) is 0.0791. The number of halogens is 1. The number of esters is 1. The number of hydrogen-bond acceptors (Lipinski definition) is 5. The molecule has 7 heteroatoms. The summed E-state index contributed by atoms with van der Waals surface area (Å²) in [7, 11) is -3.02. The lowest BCUT2D eigenvalue weighted by Gasteiger charge is -2.22. The molecule has 0 amide bonds. The number of nitrogens with one attached hydrogen (secondary N) is 1. The van der Waals surface area contributed by atoms with E-state index in [2.05, 4.69) is 21.2 Å². The molecule has 1 saturated heterocycles. The first kappa shape index (κ1) is 15.5. The topological polar surface area (TPSA) is 72.5 Å². The van der Waals surface area contributed by atoms with Gasteiger partial charge < -0.3 is 10.1 Å². The second-order valence-electron chi connectivity index (χ2n) is 4.76. The average molecular weight is 362 g/mol. The predicted octanol–water partition coefficient (Wildman–Crippen LogP) is 1.27. The molecule has 1 heterocycles. The minimum absolute atomic E-state index is 0.000381. The summed E-state index contributed by atoms with van der Waals surface area (Å²) in [6, 6.07) is 7.13. The van der Waals surface area contributed by atoms with E-state index in [4.69, 9.17) is 4.74 Å². The number of carbonyl (C=O) groups excluding carboxylic acids is 1. The minimum Gasteiger partial charge on any atom is -0.461 e. The molecule has 20 heavy (non-hydrogen) atoms. The maximum atomic E-state index is 11.7. The number of ether oxygens (including phenoxy) is 1. The molecule has 1 unspecified atom stereocenters. The molecule has 1 atom stereocenters. The molecule has 1 aliphatic rings. The zero-order valence-corrected chi connectivity index (χ0v) is 13.2. The predicted molar refractivity (Wildman–Crippen MR) is 79.0 cm³/mol. The zero-order valence-electron chi connectivity index (χ0n) is 10.8. The molecule has 5 nitrogen and oxygen atoms in total. The number of benzene rings is 1. The van der Waals surface area contributed by atoms with Crippen LogP contribution < -0.4 is 5.32 Å². The Morgan fingerprint density at radius 3 is 2.70 bits per heavy atom. The van der Waals surface area contributed by atoms with Gasteiger partial charge in [-0.1, -0.05) is 28.1 Å². The summed E-state index contributed by atoms with van der Waals surface area (Å²) in [5.41, 5.74) is 0.894. The van der Waals surface area contributed by atoms with Gasteiger partial charge >= 0.3 is 5.97 Å². The van der Waals surface area contributed by atoms with Crippen molar-refractivity contribution in [2.45, 2.75) is 19.1 Å². The maximum Gasteiger partial charge on any atom is 0.307 e. The maximum absolute atomic E-state index is 11.7. The van der Waals surface area contributed by atoms with Crippen LogP contribution in [-0.4, -0.2) is 38.5 Å². The lowest BCUT2D eigenvalue weighted by Crippen LogP contribution is -2.46. The van der Waals surface area contributed by atoms with Crippen LogP contribution in [0.2, 0.25) is 0 Å². The van der Waals surface area contributed by atoms with Crippen molar-refractivity contribution in [1.82, 2.24) is 5.32 Å². The fraction of sp³-hybridized carbons (Fsp3) is 0.462. The van der Waals surface area contributed by atoms with Gasteiger partial charge in [-0.25, -0.2) is 8.42 Å². The summed E-state index contributed by atoms with van der Waals surface area (Å²) < 4.78 is 29.0. The van der Waals surface area contributed by atoms with E-state index in [9.17, 15) is 13.2 Å². The van der Waals surface area contributed by atoms with E-state index in [1.54, 1.807) is 0 Å². The van der Waals surface area contributed by atoms with Gasteiger partial charge in [-0.15, -0.1) is 0 Å². The molecule has 1 aliphatic heterocycles. The van der Waals surface area contributed by atoms with Gasteiger partial charge in [-0.2, -0.15) is 0 Å². The molecule has 110 valence electrons. The first-order valence-corrected chi connectivity index (χ1v) is 8.90. The van der Waals surface area contributed by atoms with Crippen molar-refractivity contribution < 1.29 is 17.9 Å². The molecule has 0 aromatic heterocycles. The second-order valence-corrected chi connectivity index (χ2v) is 7.90. The summed E-state index contributed by atoms with van der Waals surface area (Å²) in [6.45, 7) is 0.596. The minimum atomic E-state index is -3.02. The third-order valence-electron chi connectivity index (χ3n) is 3.03. The third kappa shape index (κ3) is 4.88. The normalized spacial score (nSPS) is 21.4. The van der Waals surface area contributed by atoms with Crippen molar-refractivity contribution in [2.75, 3.05) is 18.1 Å². The molecule has 2 rings (SSSR count). The van der Waals surface area contributed by atoms with E-state index in [1.165, 1.54) is 0 Å². The van der Waals surface area contributed by atoms with Crippen molar-refractivity contribution in [3.05, 3.63) is 34.3 Å². The molecule has 0 bridgehead atoms. The van der Waals surface area contributed by atoms with E-state index in [0.29, 0.717) is 6.54 Å². The molecular weight excluding hydrogens is 346 g/mol. The molecule has 0 aliphatic carbocycles. The fourth-order valence-corrected chi connectivity index (χ4v) is 3.71. The van der Waals surface area contributed by atoms with Crippen LogP contribution in [0.3, 0.4) is 0 Å². The van der Waals surface area contributed by atoms with Crippen molar-refractivity contribution in [3.8, 4) is 0 Å². The molecule has 0 saturated carbocycles. The van der Waals surface area contributed by atoms with Gasteiger partial charge in [0.2, 0.25) is 0 Å². The van der Waals surface area contributed by atoms with Gasteiger partial charge in [-0.05, 0) is 17.7 Å². The van der Waals surface area contributed by atoms with E-state index in [-0.39, 0.29) is 36.5 Å². The highest BCUT2D eigenvalue weighted by molar-refractivity contribution is 9.10. The smallest absolute Gasteiger partial charge is 0.307 e. The van der Waals surface area contributed by atoms with Crippen LogP contribution in [0, 0.1) is 0 Å². The number of carbonyl (C=O) groups is 1. The van der Waals surface area contributed by atoms with Crippen molar-refractivity contribution >= 4 is 31.7 Å². The molecule has 1 aromatic rings. The lowest BCUT2D eigenvalue weighted by atomic mass is 10.2. The largest absolute Gasteiger partial charge is 0.461 e. The van der Waals surface area contributed by atoms with Gasteiger partial charge in [0.05, 0.1) is 17.9 Å². The Hall–Kier alpha value is -0.920. The number of rotatable bonds is 4. The van der Waals surface area contributed by atoms with E-state index >= 15 is 0 Å². The number of sulfone groups is 1. The molecule has 1 N–H and O–H groups in total. The Bertz CT molecular complexity index is 571. The first-order chi connectivity index (χ1) is 9.44. The molecule has 0 radical (unpaired) electrons. The van der Waals surface area contributed by atoms with Crippen LogP contribution in [0.5, 0.6) is 0 Å². The van der Waals surface area contributed by atoms with Crippen molar-refractivity contribution in [1.29, 1.82) is 0 Å². The Balaban J connectivity index is 1.79. The first-order valence-electron chi connectivity index (χ1n) is 6.28. The Kier molecular flexibility index (Phi) is 5.17. The molecular formula is C13H16BrNO4S. The standard InChI is InChI=1S/C13H16BrNO4S/c14-11-3-1-10(2-4-11)8-19-13(16)7-12-9-20(17,18)6-5-15-12/h1-4,12,15H,5-9H2.